The average Bonchev–Trinajstić information content (AvgIpc) is 2.71. The van der Waals surface area contributed by atoms with E-state index in [-0.39, 0.29) is 10.9 Å². The van der Waals surface area contributed by atoms with Gasteiger partial charge in [0.2, 0.25) is 0 Å². The van der Waals surface area contributed by atoms with Gasteiger partial charge in [0, 0.05) is 18.5 Å². The van der Waals surface area contributed by atoms with Crippen LogP contribution in [0.15, 0.2) is 18.2 Å². The van der Waals surface area contributed by atoms with E-state index in [1.54, 1.807) is 23.9 Å². The molecule has 1 heterocycles. The molecule has 5 heteroatoms. The Morgan fingerprint density at radius 3 is 2.60 bits per heavy atom. The molecule has 0 fully saturated rings. The second kappa shape index (κ2) is 5.83. The molecule has 0 saturated carbocycles. The van der Waals surface area contributed by atoms with Gasteiger partial charge in [-0.2, -0.15) is 5.10 Å². The number of aromatic nitrogens is 2. The average molecular weight is 296 g/mol. The van der Waals surface area contributed by atoms with Crippen LogP contribution >= 0.6 is 11.6 Å². The number of rotatable bonds is 4. The second-order valence-electron chi connectivity index (χ2n) is 4.88. The van der Waals surface area contributed by atoms with Crippen molar-refractivity contribution in [1.82, 2.24) is 9.78 Å². The molecule has 1 aromatic carbocycles. The monoisotopic (exact) mass is 295 g/mol. The number of nitrogens with zero attached hydrogens (tertiary/aromatic N) is 2. The zero-order valence-corrected chi connectivity index (χ0v) is 12.7. The SMILES string of the molecule is CCC(CC)c1nn(C)c(N)c1-c1cccc(Cl)c1F. The lowest BCUT2D eigenvalue weighted by molar-refractivity contribution is 0.604. The molecule has 0 amide bonds. The van der Waals surface area contributed by atoms with Crippen molar-refractivity contribution in [3.63, 3.8) is 0 Å². The van der Waals surface area contributed by atoms with E-state index < -0.39 is 5.82 Å². The highest BCUT2D eigenvalue weighted by Crippen LogP contribution is 2.38. The van der Waals surface area contributed by atoms with Gasteiger partial charge in [0.15, 0.2) is 0 Å². The van der Waals surface area contributed by atoms with Gasteiger partial charge in [-0.3, -0.25) is 4.68 Å². The first-order chi connectivity index (χ1) is 9.51. The molecule has 1 aromatic heterocycles. The first-order valence-electron chi connectivity index (χ1n) is 6.77. The molecule has 3 nitrogen and oxygen atoms in total. The number of anilines is 1. The van der Waals surface area contributed by atoms with Crippen LogP contribution in [0.25, 0.3) is 11.1 Å². The minimum atomic E-state index is -0.443. The van der Waals surface area contributed by atoms with Crippen LogP contribution in [0.5, 0.6) is 0 Å². The summed E-state index contributed by atoms with van der Waals surface area (Å²) in [4.78, 5) is 0. The summed E-state index contributed by atoms with van der Waals surface area (Å²) in [7, 11) is 1.77. The Hall–Kier alpha value is -1.55. The van der Waals surface area contributed by atoms with E-state index in [0.29, 0.717) is 16.9 Å². The van der Waals surface area contributed by atoms with E-state index in [1.165, 1.54) is 6.07 Å². The lowest BCUT2D eigenvalue weighted by Crippen LogP contribution is -2.00. The maximum atomic E-state index is 14.3. The number of halogens is 2. The van der Waals surface area contributed by atoms with Crippen LogP contribution in [0.4, 0.5) is 10.2 Å². The minimum Gasteiger partial charge on any atom is -0.383 e. The van der Waals surface area contributed by atoms with E-state index in [9.17, 15) is 4.39 Å². The molecule has 20 heavy (non-hydrogen) atoms. The summed E-state index contributed by atoms with van der Waals surface area (Å²) in [5.74, 6) is 0.279. The van der Waals surface area contributed by atoms with Crippen LogP contribution in [-0.4, -0.2) is 9.78 Å². The Morgan fingerprint density at radius 1 is 1.35 bits per heavy atom. The van der Waals surface area contributed by atoms with Crippen molar-refractivity contribution in [2.45, 2.75) is 32.6 Å². The van der Waals surface area contributed by atoms with Crippen molar-refractivity contribution < 1.29 is 4.39 Å². The Bertz CT molecular complexity index is 618. The van der Waals surface area contributed by atoms with Gasteiger partial charge in [0.1, 0.15) is 11.6 Å². The zero-order chi connectivity index (χ0) is 14.9. The van der Waals surface area contributed by atoms with E-state index in [4.69, 9.17) is 17.3 Å². The maximum absolute atomic E-state index is 14.3. The van der Waals surface area contributed by atoms with Crippen molar-refractivity contribution in [3.8, 4) is 11.1 Å². The molecular weight excluding hydrogens is 277 g/mol. The van der Waals surface area contributed by atoms with Gasteiger partial charge in [-0.15, -0.1) is 0 Å². The quantitative estimate of drug-likeness (QED) is 0.910. The van der Waals surface area contributed by atoms with Gasteiger partial charge in [-0.25, -0.2) is 4.39 Å². The van der Waals surface area contributed by atoms with E-state index >= 15 is 0 Å². The molecule has 0 bridgehead atoms. The lowest BCUT2D eigenvalue weighted by Gasteiger charge is -2.13. The molecule has 0 unspecified atom stereocenters. The summed E-state index contributed by atoms with van der Waals surface area (Å²) in [6, 6.07) is 4.95. The fourth-order valence-electron chi connectivity index (χ4n) is 2.49. The fourth-order valence-corrected chi connectivity index (χ4v) is 2.67. The molecule has 0 spiro atoms. The predicted octanol–water partition coefficient (Wildman–Crippen LogP) is 4.37. The predicted molar refractivity (Wildman–Crippen MR) is 81.3 cm³/mol. The Labute approximate surface area is 123 Å². The van der Waals surface area contributed by atoms with Crippen LogP contribution in [0.1, 0.15) is 38.3 Å². The topological polar surface area (TPSA) is 43.8 Å². The normalized spacial score (nSPS) is 11.3. The van der Waals surface area contributed by atoms with Crippen LogP contribution in [0, 0.1) is 5.82 Å². The molecule has 0 saturated heterocycles. The van der Waals surface area contributed by atoms with Crippen LogP contribution in [0.3, 0.4) is 0 Å². The van der Waals surface area contributed by atoms with E-state index in [2.05, 4.69) is 18.9 Å². The zero-order valence-electron chi connectivity index (χ0n) is 12.0. The van der Waals surface area contributed by atoms with Gasteiger partial charge < -0.3 is 5.73 Å². The molecule has 2 rings (SSSR count). The molecule has 108 valence electrons. The Kier molecular flexibility index (Phi) is 4.33. The number of aryl methyl sites for hydroxylation is 1. The number of nitrogen functional groups attached to an aromatic ring is 1. The van der Waals surface area contributed by atoms with Crippen LogP contribution in [0.2, 0.25) is 5.02 Å². The summed E-state index contributed by atoms with van der Waals surface area (Å²) < 4.78 is 15.9. The third kappa shape index (κ3) is 2.40. The second-order valence-corrected chi connectivity index (χ2v) is 5.29. The lowest BCUT2D eigenvalue weighted by atomic mass is 9.93. The van der Waals surface area contributed by atoms with Crippen molar-refractivity contribution in [1.29, 1.82) is 0 Å². The van der Waals surface area contributed by atoms with Crippen molar-refractivity contribution in [2.75, 3.05) is 5.73 Å². The molecule has 2 aromatic rings. The smallest absolute Gasteiger partial charge is 0.149 e. The molecule has 0 atom stereocenters. The fraction of sp³-hybridized carbons (Fsp3) is 0.400. The largest absolute Gasteiger partial charge is 0.383 e. The highest BCUT2D eigenvalue weighted by Gasteiger charge is 2.24. The first kappa shape index (κ1) is 14.9. The van der Waals surface area contributed by atoms with E-state index in [0.717, 1.165) is 18.5 Å². The molecule has 0 aliphatic heterocycles. The number of hydrogen-bond acceptors (Lipinski definition) is 2. The number of benzene rings is 1. The summed E-state index contributed by atoms with van der Waals surface area (Å²) in [5, 5.41) is 4.58. The summed E-state index contributed by atoms with van der Waals surface area (Å²) in [5.41, 5.74) is 8.03. The first-order valence-corrected chi connectivity index (χ1v) is 7.15. The van der Waals surface area contributed by atoms with Gasteiger partial charge in [-0.05, 0) is 18.9 Å². The van der Waals surface area contributed by atoms with E-state index in [1.807, 2.05) is 0 Å². The molecular formula is C15H19ClFN3. The summed E-state index contributed by atoms with van der Waals surface area (Å²) in [6.07, 6.45) is 1.87. The van der Waals surface area contributed by atoms with Gasteiger partial charge in [-0.1, -0.05) is 37.6 Å². The highest BCUT2D eigenvalue weighted by molar-refractivity contribution is 6.31. The van der Waals surface area contributed by atoms with Crippen molar-refractivity contribution in [3.05, 3.63) is 34.7 Å². The molecule has 0 aliphatic carbocycles. The van der Waals surface area contributed by atoms with Gasteiger partial charge in [0.05, 0.1) is 16.3 Å². The summed E-state index contributed by atoms with van der Waals surface area (Å²) in [6.45, 7) is 4.19. The Morgan fingerprint density at radius 2 is 2.00 bits per heavy atom. The van der Waals surface area contributed by atoms with Gasteiger partial charge in [0.25, 0.3) is 0 Å². The summed E-state index contributed by atoms with van der Waals surface area (Å²) >= 11 is 5.88. The maximum Gasteiger partial charge on any atom is 0.149 e. The minimum absolute atomic E-state index is 0.0984. The highest BCUT2D eigenvalue weighted by atomic mass is 35.5. The molecule has 0 radical (unpaired) electrons. The number of nitrogens with two attached hydrogens (primary N) is 1. The standard InChI is InChI=1S/C15H19ClFN3/c1-4-9(5-2)14-12(15(18)20(3)19-14)10-7-6-8-11(16)13(10)17/h6-9H,4-5,18H2,1-3H3. The third-order valence-corrected chi connectivity index (χ3v) is 4.00. The molecule has 0 aliphatic rings. The Balaban J connectivity index is 2.69. The number of hydrogen-bond donors (Lipinski definition) is 1. The molecule has 2 N–H and O–H groups in total. The van der Waals surface area contributed by atoms with Crippen molar-refractivity contribution >= 4 is 17.4 Å². The van der Waals surface area contributed by atoms with Crippen molar-refractivity contribution in [2.24, 2.45) is 7.05 Å². The van der Waals surface area contributed by atoms with Gasteiger partial charge >= 0.3 is 0 Å². The van der Waals surface area contributed by atoms with Crippen LogP contribution in [-0.2, 0) is 7.05 Å². The third-order valence-electron chi connectivity index (χ3n) is 3.71. The van der Waals surface area contributed by atoms with Crippen LogP contribution < -0.4 is 5.73 Å².